The Morgan fingerprint density at radius 2 is 1.25 bits per heavy atom. The van der Waals surface area contributed by atoms with Gasteiger partial charge in [-0.05, 0) is 46.0 Å². The summed E-state index contributed by atoms with van der Waals surface area (Å²) in [6.45, 7) is 4.09. The topological polar surface area (TPSA) is 18.5 Å². The van der Waals surface area contributed by atoms with E-state index in [1.54, 1.807) is 0 Å². The van der Waals surface area contributed by atoms with Crippen LogP contribution in [-0.2, 0) is 0 Å². The molecule has 1 atom stereocenters. The Morgan fingerprint density at radius 3 is 1.60 bits per heavy atom. The number of benzene rings is 2. The van der Waals surface area contributed by atoms with Crippen LogP contribution in [0.3, 0.4) is 0 Å². The molecule has 20 heavy (non-hydrogen) atoms. The zero-order chi connectivity index (χ0) is 14.4. The number of hydrogen-bond donors (Lipinski definition) is 0. The Labute approximate surface area is 126 Å². The molecule has 0 N–H and O–H groups in total. The van der Waals surface area contributed by atoms with E-state index in [9.17, 15) is 0 Å². The Balaban J connectivity index is 2.02. The molecule has 0 fully saturated rings. The summed E-state index contributed by atoms with van der Waals surface area (Å²) in [4.78, 5) is 0. The van der Waals surface area contributed by atoms with Crippen molar-refractivity contribution >= 4 is 19.2 Å². The predicted molar refractivity (Wildman–Crippen MR) is 86.4 cm³/mol. The summed E-state index contributed by atoms with van der Waals surface area (Å²) in [5.41, 5.74) is 2.40. The maximum atomic E-state index is 5.85. The molecule has 0 amide bonds. The van der Waals surface area contributed by atoms with E-state index in [2.05, 4.69) is 0 Å². The quantitative estimate of drug-likeness (QED) is 0.557. The van der Waals surface area contributed by atoms with Gasteiger partial charge in [-0.25, -0.2) is 0 Å². The molecule has 4 heteroatoms. The van der Waals surface area contributed by atoms with Crippen LogP contribution < -0.4 is 9.47 Å². The zero-order valence-electron chi connectivity index (χ0n) is 11.6. The van der Waals surface area contributed by atoms with Crippen LogP contribution in [0.1, 0.15) is 11.1 Å². The summed E-state index contributed by atoms with van der Waals surface area (Å²) < 4.78 is 11.7. The van der Waals surface area contributed by atoms with Gasteiger partial charge >= 0.3 is 0 Å². The van der Waals surface area contributed by atoms with Crippen LogP contribution >= 0.6 is 19.2 Å². The van der Waals surface area contributed by atoms with Crippen molar-refractivity contribution in [3.05, 3.63) is 59.7 Å². The van der Waals surface area contributed by atoms with Crippen molar-refractivity contribution in [3.8, 4) is 11.5 Å². The number of halogens is 1. The lowest BCUT2D eigenvalue weighted by molar-refractivity contribution is 0.0261. The standard InChI is InChI=1S/C16H18ClO2P/c1-12-3-7-14(8-4-12)18-16(11-20-17)19-15-9-5-13(2)6-10-15/h3-10,16,20H,11H2,1-2H3. The van der Waals surface area contributed by atoms with Gasteiger partial charge < -0.3 is 9.47 Å². The molecule has 0 aliphatic heterocycles. The van der Waals surface area contributed by atoms with E-state index < -0.39 is 0 Å². The highest BCUT2D eigenvalue weighted by molar-refractivity contribution is 7.68. The normalized spacial score (nSPS) is 11.2. The third-order valence-corrected chi connectivity index (χ3v) is 3.77. The van der Waals surface area contributed by atoms with Crippen molar-refractivity contribution in [2.45, 2.75) is 20.1 Å². The molecular weight excluding hydrogens is 291 g/mol. The summed E-state index contributed by atoms with van der Waals surface area (Å²) in [6.07, 6.45) is 0.291. The molecule has 0 saturated carbocycles. The van der Waals surface area contributed by atoms with Crippen LogP contribution in [0.5, 0.6) is 11.5 Å². The van der Waals surface area contributed by atoms with Gasteiger partial charge in [0.1, 0.15) is 11.5 Å². The van der Waals surface area contributed by atoms with Gasteiger partial charge in [0.05, 0.1) is 6.16 Å². The van der Waals surface area contributed by atoms with E-state index in [-0.39, 0.29) is 14.2 Å². The molecule has 0 aliphatic carbocycles. The Morgan fingerprint density at radius 1 is 0.850 bits per heavy atom. The second-order valence-electron chi connectivity index (χ2n) is 4.63. The highest BCUT2D eigenvalue weighted by Crippen LogP contribution is 2.23. The van der Waals surface area contributed by atoms with Gasteiger partial charge in [0, 0.05) is 0 Å². The van der Waals surface area contributed by atoms with Crippen molar-refractivity contribution in [2.75, 3.05) is 6.16 Å². The first kappa shape index (κ1) is 15.2. The molecule has 0 aromatic heterocycles. The number of rotatable bonds is 6. The molecule has 0 spiro atoms. The van der Waals surface area contributed by atoms with E-state index in [1.807, 2.05) is 62.4 Å². The summed E-state index contributed by atoms with van der Waals surface area (Å²) in [5, 5.41) is 0. The van der Waals surface area contributed by atoms with E-state index in [0.29, 0.717) is 6.16 Å². The molecule has 2 rings (SSSR count). The van der Waals surface area contributed by atoms with Crippen molar-refractivity contribution in [1.82, 2.24) is 0 Å². The minimum Gasteiger partial charge on any atom is -0.454 e. The second-order valence-corrected chi connectivity index (χ2v) is 6.11. The van der Waals surface area contributed by atoms with Gasteiger partial charge in [0.2, 0.25) is 6.29 Å². The third kappa shape index (κ3) is 4.70. The van der Waals surface area contributed by atoms with E-state index in [4.69, 9.17) is 20.7 Å². The first-order chi connectivity index (χ1) is 9.67. The van der Waals surface area contributed by atoms with Crippen molar-refractivity contribution in [1.29, 1.82) is 0 Å². The molecule has 0 radical (unpaired) electrons. The summed E-state index contributed by atoms with van der Waals surface area (Å²) in [5.74, 6) is 1.59. The number of ether oxygens (including phenoxy) is 2. The van der Waals surface area contributed by atoms with Crippen LogP contribution in [0.25, 0.3) is 0 Å². The van der Waals surface area contributed by atoms with E-state index in [0.717, 1.165) is 11.5 Å². The van der Waals surface area contributed by atoms with Gasteiger partial charge in [-0.1, -0.05) is 46.6 Å². The van der Waals surface area contributed by atoms with Gasteiger partial charge in [-0.3, -0.25) is 0 Å². The van der Waals surface area contributed by atoms with Crippen LogP contribution in [-0.4, -0.2) is 12.5 Å². The lowest BCUT2D eigenvalue weighted by atomic mass is 10.2. The van der Waals surface area contributed by atoms with Crippen LogP contribution in [0.2, 0.25) is 0 Å². The van der Waals surface area contributed by atoms with E-state index >= 15 is 0 Å². The van der Waals surface area contributed by atoms with Gasteiger partial charge in [0.15, 0.2) is 0 Å². The maximum Gasteiger partial charge on any atom is 0.245 e. The lowest BCUT2D eigenvalue weighted by Crippen LogP contribution is -2.25. The molecule has 2 nitrogen and oxygen atoms in total. The van der Waals surface area contributed by atoms with Crippen LogP contribution in [0.15, 0.2) is 48.5 Å². The average molecular weight is 309 g/mol. The van der Waals surface area contributed by atoms with Crippen LogP contribution in [0.4, 0.5) is 0 Å². The summed E-state index contributed by atoms with van der Waals surface area (Å²) >= 11 is 5.85. The summed E-state index contributed by atoms with van der Waals surface area (Å²) in [6, 6.07) is 15.8. The van der Waals surface area contributed by atoms with Gasteiger partial charge in [-0.15, -0.1) is 0 Å². The predicted octanol–water partition coefficient (Wildman–Crippen LogP) is 4.92. The smallest absolute Gasteiger partial charge is 0.245 e. The highest BCUT2D eigenvalue weighted by atomic mass is 35.7. The fraction of sp³-hybridized carbons (Fsp3) is 0.250. The maximum absolute atomic E-state index is 5.85. The minimum absolute atomic E-state index is 0.259. The first-order valence-electron chi connectivity index (χ1n) is 6.47. The minimum atomic E-state index is -0.365. The largest absolute Gasteiger partial charge is 0.454 e. The SMILES string of the molecule is Cc1ccc(OC(CPCl)Oc2ccc(C)cc2)cc1. The van der Waals surface area contributed by atoms with Crippen molar-refractivity contribution in [3.63, 3.8) is 0 Å². The molecule has 0 saturated heterocycles. The molecule has 2 aromatic carbocycles. The molecule has 106 valence electrons. The number of hydrogen-bond acceptors (Lipinski definition) is 2. The van der Waals surface area contributed by atoms with Crippen LogP contribution in [0, 0.1) is 13.8 Å². The van der Waals surface area contributed by atoms with E-state index in [1.165, 1.54) is 11.1 Å². The average Bonchev–Trinajstić information content (AvgIpc) is 2.44. The van der Waals surface area contributed by atoms with Crippen molar-refractivity contribution in [2.24, 2.45) is 0 Å². The molecule has 0 aliphatic rings. The molecular formula is C16H18ClO2P. The Hall–Kier alpha value is -1.24. The highest BCUT2D eigenvalue weighted by Gasteiger charge is 2.12. The van der Waals surface area contributed by atoms with Crippen molar-refractivity contribution < 1.29 is 9.47 Å². The second kappa shape index (κ2) is 7.52. The Kier molecular flexibility index (Phi) is 5.70. The van der Waals surface area contributed by atoms with Gasteiger partial charge in [0.25, 0.3) is 0 Å². The summed E-state index contributed by atoms with van der Waals surface area (Å²) in [7, 11) is 0.259. The first-order valence-corrected chi connectivity index (χ1v) is 8.69. The monoisotopic (exact) mass is 308 g/mol. The third-order valence-electron chi connectivity index (χ3n) is 2.82. The molecule has 0 bridgehead atoms. The Bertz CT molecular complexity index is 478. The zero-order valence-corrected chi connectivity index (χ0v) is 13.4. The van der Waals surface area contributed by atoms with Gasteiger partial charge in [-0.2, -0.15) is 0 Å². The molecule has 0 heterocycles. The fourth-order valence-corrected chi connectivity index (χ4v) is 2.38. The number of aryl methyl sites for hydroxylation is 2. The molecule has 1 unspecified atom stereocenters. The molecule has 2 aromatic rings. The lowest BCUT2D eigenvalue weighted by Gasteiger charge is -2.19. The fourth-order valence-electron chi connectivity index (χ4n) is 1.71.